The molecule has 0 aromatic heterocycles. The van der Waals surface area contributed by atoms with Crippen molar-refractivity contribution in [1.82, 2.24) is 0 Å². The molecule has 0 bridgehead atoms. The van der Waals surface area contributed by atoms with Crippen LogP contribution in [-0.2, 0) is 0 Å². The first-order valence-electron chi connectivity index (χ1n) is 4.87. The molecule has 0 aliphatic rings. The first-order valence-corrected chi connectivity index (χ1v) is 4.87. The fourth-order valence-electron chi connectivity index (χ4n) is 1.77. The lowest BCUT2D eigenvalue weighted by Gasteiger charge is -2.07. The summed E-state index contributed by atoms with van der Waals surface area (Å²) in [5.41, 5.74) is 1.10. The van der Waals surface area contributed by atoms with E-state index in [0.717, 1.165) is 16.7 Å². The Morgan fingerprint density at radius 3 is 2.69 bits per heavy atom. The highest BCUT2D eigenvalue weighted by Crippen LogP contribution is 2.32. The van der Waals surface area contributed by atoms with Gasteiger partial charge in [-0.1, -0.05) is 0 Å². The summed E-state index contributed by atoms with van der Waals surface area (Å²) in [5, 5.41) is 20.4. The summed E-state index contributed by atoms with van der Waals surface area (Å²) in [4.78, 5) is 0. The Morgan fingerprint density at radius 1 is 1.31 bits per heavy atom. The van der Waals surface area contributed by atoms with Crippen LogP contribution in [-0.4, -0.2) is 12.2 Å². The number of phenols is 1. The van der Waals surface area contributed by atoms with Crippen molar-refractivity contribution >= 4 is 10.8 Å². The lowest BCUT2D eigenvalue weighted by atomic mass is 10.0. The predicted molar refractivity (Wildman–Crippen MR) is 61.6 cm³/mol. The van der Waals surface area contributed by atoms with Crippen LogP contribution in [0.4, 0.5) is 0 Å². The van der Waals surface area contributed by atoms with Crippen LogP contribution >= 0.6 is 0 Å². The van der Waals surface area contributed by atoms with Gasteiger partial charge in [0.1, 0.15) is 17.6 Å². The molecule has 2 aromatic carbocycles. The summed E-state index contributed by atoms with van der Waals surface area (Å²) in [6.07, 6.45) is 0. The zero-order valence-corrected chi connectivity index (χ0v) is 9.11. The van der Waals surface area contributed by atoms with Crippen LogP contribution in [0, 0.1) is 18.3 Å². The highest BCUT2D eigenvalue weighted by atomic mass is 16.5. The van der Waals surface area contributed by atoms with Crippen LogP contribution in [0.3, 0.4) is 0 Å². The van der Waals surface area contributed by atoms with Gasteiger partial charge < -0.3 is 9.84 Å². The molecule has 0 aliphatic heterocycles. The molecule has 0 unspecified atom stereocenters. The minimum Gasteiger partial charge on any atom is -0.506 e. The van der Waals surface area contributed by atoms with Crippen molar-refractivity contribution in [3.05, 3.63) is 35.4 Å². The molecule has 0 spiro atoms. The van der Waals surface area contributed by atoms with Gasteiger partial charge in [0.15, 0.2) is 0 Å². The summed E-state index contributed by atoms with van der Waals surface area (Å²) in [7, 11) is 1.59. The number of aryl methyl sites for hydroxylation is 1. The number of benzene rings is 2. The van der Waals surface area contributed by atoms with Gasteiger partial charge in [-0.15, -0.1) is 0 Å². The van der Waals surface area contributed by atoms with Crippen LogP contribution in [0.2, 0.25) is 0 Å². The number of rotatable bonds is 1. The number of hydrogen-bond acceptors (Lipinski definition) is 3. The number of fused-ring (bicyclic) bond motifs is 1. The maximum Gasteiger partial charge on any atom is 0.141 e. The molecule has 0 radical (unpaired) electrons. The van der Waals surface area contributed by atoms with E-state index >= 15 is 0 Å². The number of hydrogen-bond donors (Lipinski definition) is 1. The fraction of sp³-hybridized carbons (Fsp3) is 0.154. The van der Waals surface area contributed by atoms with Gasteiger partial charge in [0.2, 0.25) is 0 Å². The minimum absolute atomic E-state index is 0.0418. The molecule has 0 heterocycles. The van der Waals surface area contributed by atoms with E-state index in [-0.39, 0.29) is 5.75 Å². The Labute approximate surface area is 93.5 Å². The number of nitrogens with zero attached hydrogens (tertiary/aromatic N) is 1. The molecule has 80 valence electrons. The quantitative estimate of drug-likeness (QED) is 0.792. The van der Waals surface area contributed by atoms with Crippen LogP contribution in [0.15, 0.2) is 24.3 Å². The molecule has 3 heteroatoms. The van der Waals surface area contributed by atoms with Crippen molar-refractivity contribution in [1.29, 1.82) is 5.26 Å². The number of aromatic hydroxyl groups is 1. The third kappa shape index (κ3) is 1.45. The van der Waals surface area contributed by atoms with E-state index in [1.54, 1.807) is 26.2 Å². The van der Waals surface area contributed by atoms with Gasteiger partial charge in [0, 0.05) is 5.39 Å². The molecule has 0 aliphatic carbocycles. The molecule has 2 aromatic rings. The SMILES string of the molecule is COc1ccc2c(O)c(C#N)c(C)cc2c1. The smallest absolute Gasteiger partial charge is 0.141 e. The van der Waals surface area contributed by atoms with Gasteiger partial charge >= 0.3 is 0 Å². The summed E-state index contributed by atoms with van der Waals surface area (Å²) in [6, 6.07) is 9.23. The van der Waals surface area contributed by atoms with E-state index in [4.69, 9.17) is 10.00 Å². The van der Waals surface area contributed by atoms with Gasteiger partial charge in [-0.05, 0) is 42.1 Å². The van der Waals surface area contributed by atoms with Gasteiger partial charge in [-0.3, -0.25) is 0 Å². The molecule has 0 atom stereocenters. The van der Waals surface area contributed by atoms with Gasteiger partial charge in [-0.2, -0.15) is 5.26 Å². The predicted octanol–water partition coefficient (Wildman–Crippen LogP) is 2.73. The molecule has 0 fully saturated rings. The average Bonchev–Trinajstić information content (AvgIpc) is 2.28. The summed E-state index contributed by atoms with van der Waals surface area (Å²) < 4.78 is 5.11. The number of ether oxygens (including phenoxy) is 1. The van der Waals surface area contributed by atoms with Crippen molar-refractivity contribution in [2.45, 2.75) is 6.92 Å². The normalized spacial score (nSPS) is 10.1. The summed E-state index contributed by atoms with van der Waals surface area (Å²) >= 11 is 0. The molecule has 1 N–H and O–H groups in total. The fourth-order valence-corrected chi connectivity index (χ4v) is 1.77. The Morgan fingerprint density at radius 2 is 2.06 bits per heavy atom. The Bertz CT molecular complexity index is 597. The van der Waals surface area contributed by atoms with Crippen molar-refractivity contribution < 1.29 is 9.84 Å². The molecule has 0 saturated heterocycles. The highest BCUT2D eigenvalue weighted by molar-refractivity contribution is 5.92. The van der Waals surface area contributed by atoms with Gasteiger partial charge in [-0.25, -0.2) is 0 Å². The molecule has 3 nitrogen and oxygen atoms in total. The van der Waals surface area contributed by atoms with Crippen LogP contribution in [0.5, 0.6) is 11.5 Å². The van der Waals surface area contributed by atoms with E-state index in [2.05, 4.69) is 0 Å². The number of methoxy groups -OCH3 is 1. The molecule has 0 amide bonds. The largest absolute Gasteiger partial charge is 0.506 e. The van der Waals surface area contributed by atoms with Crippen molar-refractivity contribution in [3.8, 4) is 17.6 Å². The van der Waals surface area contributed by atoms with E-state index < -0.39 is 0 Å². The number of phenolic OH excluding ortho intramolecular Hbond substituents is 1. The van der Waals surface area contributed by atoms with Crippen molar-refractivity contribution in [2.24, 2.45) is 0 Å². The molecular formula is C13H11NO2. The third-order valence-corrected chi connectivity index (χ3v) is 2.63. The number of nitriles is 1. The topological polar surface area (TPSA) is 53.2 Å². The Hall–Kier alpha value is -2.21. The maximum atomic E-state index is 9.93. The van der Waals surface area contributed by atoms with Crippen LogP contribution < -0.4 is 4.74 Å². The first kappa shape index (κ1) is 10.3. The lowest BCUT2D eigenvalue weighted by molar-refractivity contribution is 0.415. The second kappa shape index (κ2) is 3.74. The Balaban J connectivity index is 2.83. The average molecular weight is 213 g/mol. The van der Waals surface area contributed by atoms with E-state index in [1.165, 1.54) is 0 Å². The van der Waals surface area contributed by atoms with Crippen LogP contribution in [0.25, 0.3) is 10.8 Å². The van der Waals surface area contributed by atoms with E-state index in [0.29, 0.717) is 10.9 Å². The van der Waals surface area contributed by atoms with E-state index in [1.807, 2.05) is 18.2 Å². The second-order valence-corrected chi connectivity index (χ2v) is 3.62. The Kier molecular flexibility index (Phi) is 2.41. The lowest BCUT2D eigenvalue weighted by Crippen LogP contribution is -1.87. The molecule has 0 saturated carbocycles. The van der Waals surface area contributed by atoms with Gasteiger partial charge in [0.25, 0.3) is 0 Å². The molecule has 16 heavy (non-hydrogen) atoms. The maximum absolute atomic E-state index is 9.93. The molecular weight excluding hydrogens is 202 g/mol. The standard InChI is InChI=1S/C13H11NO2/c1-8-5-9-6-10(16-2)3-4-11(9)13(15)12(8)7-14/h3-6,15H,1-2H3. The van der Waals surface area contributed by atoms with Crippen LogP contribution in [0.1, 0.15) is 11.1 Å². The monoisotopic (exact) mass is 213 g/mol. The minimum atomic E-state index is 0.0418. The summed E-state index contributed by atoms with van der Waals surface area (Å²) in [6.45, 7) is 1.80. The summed E-state index contributed by atoms with van der Waals surface area (Å²) in [5.74, 6) is 0.774. The van der Waals surface area contributed by atoms with Gasteiger partial charge in [0.05, 0.1) is 12.7 Å². The second-order valence-electron chi connectivity index (χ2n) is 3.62. The van der Waals surface area contributed by atoms with Crippen molar-refractivity contribution in [2.75, 3.05) is 7.11 Å². The zero-order chi connectivity index (χ0) is 11.7. The highest BCUT2D eigenvalue weighted by Gasteiger charge is 2.10. The zero-order valence-electron chi connectivity index (χ0n) is 9.11. The van der Waals surface area contributed by atoms with Crippen molar-refractivity contribution in [3.63, 3.8) is 0 Å². The van der Waals surface area contributed by atoms with E-state index in [9.17, 15) is 5.11 Å². The first-order chi connectivity index (χ1) is 7.67. The third-order valence-electron chi connectivity index (χ3n) is 2.63. The molecule has 2 rings (SSSR count).